The van der Waals surface area contributed by atoms with Gasteiger partial charge in [-0.15, -0.1) is 11.3 Å². The molecule has 0 saturated carbocycles. The van der Waals surface area contributed by atoms with Gasteiger partial charge in [-0.05, 0) is 12.3 Å². The summed E-state index contributed by atoms with van der Waals surface area (Å²) in [6.45, 7) is 7.76. The second-order valence-corrected chi connectivity index (χ2v) is 5.87. The van der Waals surface area contributed by atoms with Crippen molar-refractivity contribution in [1.29, 1.82) is 0 Å². The van der Waals surface area contributed by atoms with Gasteiger partial charge in [0.15, 0.2) is 0 Å². The Morgan fingerprint density at radius 1 is 1.56 bits per heavy atom. The van der Waals surface area contributed by atoms with E-state index in [1.807, 2.05) is 33.1 Å². The summed E-state index contributed by atoms with van der Waals surface area (Å²) in [7, 11) is 0. The Morgan fingerprint density at radius 3 is 2.62 bits per heavy atom. The van der Waals surface area contributed by atoms with Gasteiger partial charge in [0.25, 0.3) is 0 Å². The van der Waals surface area contributed by atoms with Gasteiger partial charge >= 0.3 is 0 Å². The van der Waals surface area contributed by atoms with Crippen LogP contribution in [0, 0.1) is 5.41 Å². The summed E-state index contributed by atoms with van der Waals surface area (Å²) in [6.07, 6.45) is 1.73. The first-order valence-corrected chi connectivity index (χ1v) is 6.15. The maximum absolute atomic E-state index is 11.8. The summed E-state index contributed by atoms with van der Waals surface area (Å²) in [4.78, 5) is 16.0. The molecule has 16 heavy (non-hydrogen) atoms. The first-order valence-electron chi connectivity index (χ1n) is 5.27. The van der Waals surface area contributed by atoms with Gasteiger partial charge in [-0.25, -0.2) is 4.98 Å². The minimum Gasteiger partial charge on any atom is -0.346 e. The molecule has 1 rings (SSSR count). The minimum atomic E-state index is -0.505. The Hall–Kier alpha value is -0.940. The van der Waals surface area contributed by atoms with E-state index in [0.29, 0.717) is 0 Å². The molecule has 4 nitrogen and oxygen atoms in total. The Bertz CT molecular complexity index is 343. The predicted octanol–water partition coefficient (Wildman–Crippen LogP) is 1.69. The Kier molecular flexibility index (Phi) is 4.04. The SMILES string of the molecule is CC(NC(=O)[C@H](N)C(C)(C)C)c1nccs1. The van der Waals surface area contributed by atoms with Gasteiger partial charge in [0.1, 0.15) is 5.01 Å². The fraction of sp³-hybridized carbons (Fsp3) is 0.636. The Balaban J connectivity index is 2.59. The van der Waals surface area contributed by atoms with Crippen molar-refractivity contribution in [2.45, 2.75) is 39.8 Å². The van der Waals surface area contributed by atoms with Crippen LogP contribution in [0.3, 0.4) is 0 Å². The van der Waals surface area contributed by atoms with Gasteiger partial charge < -0.3 is 11.1 Å². The van der Waals surface area contributed by atoms with Gasteiger partial charge in [0, 0.05) is 11.6 Å². The van der Waals surface area contributed by atoms with Crippen LogP contribution in [-0.4, -0.2) is 16.9 Å². The van der Waals surface area contributed by atoms with Crippen molar-refractivity contribution >= 4 is 17.2 Å². The maximum atomic E-state index is 11.8. The largest absolute Gasteiger partial charge is 0.346 e. The number of nitrogens with zero attached hydrogens (tertiary/aromatic N) is 1. The quantitative estimate of drug-likeness (QED) is 0.846. The van der Waals surface area contributed by atoms with Crippen molar-refractivity contribution < 1.29 is 4.79 Å². The third-order valence-corrected chi connectivity index (χ3v) is 3.35. The van der Waals surface area contributed by atoms with E-state index in [0.717, 1.165) is 5.01 Å². The monoisotopic (exact) mass is 241 g/mol. The summed E-state index contributed by atoms with van der Waals surface area (Å²) >= 11 is 1.53. The summed E-state index contributed by atoms with van der Waals surface area (Å²) in [5, 5.41) is 5.66. The van der Waals surface area contributed by atoms with Crippen LogP contribution in [0.5, 0.6) is 0 Å². The average molecular weight is 241 g/mol. The minimum absolute atomic E-state index is 0.0825. The molecule has 2 atom stereocenters. The molecule has 0 radical (unpaired) electrons. The van der Waals surface area contributed by atoms with Crippen LogP contribution in [-0.2, 0) is 4.79 Å². The van der Waals surface area contributed by atoms with Crippen molar-refractivity contribution in [3.63, 3.8) is 0 Å². The molecule has 0 saturated heterocycles. The molecule has 0 fully saturated rings. The molecule has 3 N–H and O–H groups in total. The molecule has 5 heteroatoms. The fourth-order valence-electron chi connectivity index (χ4n) is 1.21. The molecular formula is C11H19N3OS. The zero-order valence-corrected chi connectivity index (χ0v) is 11.0. The van der Waals surface area contributed by atoms with E-state index in [4.69, 9.17) is 5.73 Å². The second kappa shape index (κ2) is 4.93. The van der Waals surface area contributed by atoms with Crippen LogP contribution >= 0.6 is 11.3 Å². The number of aromatic nitrogens is 1. The molecule has 1 aromatic heterocycles. The first-order chi connectivity index (χ1) is 7.32. The van der Waals surface area contributed by atoms with E-state index in [1.165, 1.54) is 11.3 Å². The first kappa shape index (κ1) is 13.1. The summed E-state index contributed by atoms with van der Waals surface area (Å²) in [5.41, 5.74) is 5.64. The Labute approximate surface area is 100 Å². The van der Waals surface area contributed by atoms with Gasteiger partial charge in [-0.1, -0.05) is 20.8 Å². The van der Waals surface area contributed by atoms with Crippen LogP contribution < -0.4 is 11.1 Å². The lowest BCUT2D eigenvalue weighted by Crippen LogP contribution is -2.49. The highest BCUT2D eigenvalue weighted by Gasteiger charge is 2.28. The third kappa shape index (κ3) is 3.28. The van der Waals surface area contributed by atoms with Crippen LogP contribution in [0.1, 0.15) is 38.7 Å². The number of thiazole rings is 1. The standard InChI is InChI=1S/C11H19N3OS/c1-7(10-13-5-6-16-10)14-9(15)8(12)11(2,3)4/h5-8H,12H2,1-4H3,(H,14,15)/t7?,8-/m0/s1. The molecule has 0 bridgehead atoms. The van der Waals surface area contributed by atoms with Crippen molar-refractivity contribution in [1.82, 2.24) is 10.3 Å². The maximum Gasteiger partial charge on any atom is 0.238 e. The van der Waals surface area contributed by atoms with Gasteiger partial charge in [-0.2, -0.15) is 0 Å². The third-order valence-electron chi connectivity index (χ3n) is 2.40. The molecule has 0 spiro atoms. The van der Waals surface area contributed by atoms with E-state index in [1.54, 1.807) is 6.20 Å². The van der Waals surface area contributed by atoms with Gasteiger partial charge in [0.05, 0.1) is 12.1 Å². The smallest absolute Gasteiger partial charge is 0.238 e. The molecule has 0 aromatic carbocycles. The van der Waals surface area contributed by atoms with Crippen LogP contribution in [0.2, 0.25) is 0 Å². The Morgan fingerprint density at radius 2 is 2.19 bits per heavy atom. The van der Waals surface area contributed by atoms with E-state index in [-0.39, 0.29) is 17.4 Å². The van der Waals surface area contributed by atoms with E-state index in [9.17, 15) is 4.79 Å². The van der Waals surface area contributed by atoms with Crippen LogP contribution in [0.4, 0.5) is 0 Å². The molecule has 0 aliphatic heterocycles. The van der Waals surface area contributed by atoms with Crippen molar-refractivity contribution in [3.05, 3.63) is 16.6 Å². The highest BCUT2D eigenvalue weighted by molar-refractivity contribution is 7.09. The lowest BCUT2D eigenvalue weighted by molar-refractivity contribution is -0.125. The molecule has 90 valence electrons. The van der Waals surface area contributed by atoms with Crippen molar-refractivity contribution in [2.24, 2.45) is 11.1 Å². The molecular weight excluding hydrogens is 222 g/mol. The van der Waals surface area contributed by atoms with Gasteiger partial charge in [0.2, 0.25) is 5.91 Å². The molecule has 1 amide bonds. The lowest BCUT2D eigenvalue weighted by Gasteiger charge is -2.27. The number of hydrogen-bond donors (Lipinski definition) is 2. The summed E-state index contributed by atoms with van der Waals surface area (Å²) in [5.74, 6) is -0.129. The number of carbonyl (C=O) groups is 1. The summed E-state index contributed by atoms with van der Waals surface area (Å²) < 4.78 is 0. The van der Waals surface area contributed by atoms with Crippen molar-refractivity contribution in [3.8, 4) is 0 Å². The lowest BCUT2D eigenvalue weighted by atomic mass is 9.87. The molecule has 1 aromatic rings. The highest BCUT2D eigenvalue weighted by atomic mass is 32.1. The normalized spacial score (nSPS) is 15.6. The number of hydrogen-bond acceptors (Lipinski definition) is 4. The number of nitrogens with two attached hydrogens (primary N) is 1. The molecule has 1 heterocycles. The molecule has 0 aliphatic carbocycles. The van der Waals surface area contributed by atoms with Crippen LogP contribution in [0.25, 0.3) is 0 Å². The number of rotatable bonds is 3. The van der Waals surface area contributed by atoms with Crippen molar-refractivity contribution in [2.75, 3.05) is 0 Å². The van der Waals surface area contributed by atoms with E-state index in [2.05, 4.69) is 10.3 Å². The van der Waals surface area contributed by atoms with Gasteiger partial charge in [-0.3, -0.25) is 4.79 Å². The zero-order valence-electron chi connectivity index (χ0n) is 10.2. The number of amides is 1. The summed E-state index contributed by atoms with van der Waals surface area (Å²) in [6, 6.07) is -0.587. The van der Waals surface area contributed by atoms with E-state index < -0.39 is 6.04 Å². The average Bonchev–Trinajstić information content (AvgIpc) is 2.67. The fourth-order valence-corrected chi connectivity index (χ4v) is 1.85. The zero-order chi connectivity index (χ0) is 12.3. The number of nitrogens with one attached hydrogen (secondary N) is 1. The highest BCUT2D eigenvalue weighted by Crippen LogP contribution is 2.19. The topological polar surface area (TPSA) is 68.0 Å². The second-order valence-electron chi connectivity index (χ2n) is 4.94. The van der Waals surface area contributed by atoms with Crippen LogP contribution in [0.15, 0.2) is 11.6 Å². The molecule has 0 aliphatic rings. The predicted molar refractivity (Wildman–Crippen MR) is 66.1 cm³/mol. The molecule has 1 unspecified atom stereocenters. The van der Waals surface area contributed by atoms with E-state index >= 15 is 0 Å². The number of carbonyl (C=O) groups excluding carboxylic acids is 1.